The van der Waals surface area contributed by atoms with Crippen LogP contribution in [0.2, 0.25) is 0 Å². The molecule has 1 aliphatic rings. The van der Waals surface area contributed by atoms with Gasteiger partial charge in [0.15, 0.2) is 0 Å². The first kappa shape index (κ1) is 12.6. The summed E-state index contributed by atoms with van der Waals surface area (Å²) in [7, 11) is 3.45. The van der Waals surface area contributed by atoms with Crippen molar-refractivity contribution < 1.29 is 4.79 Å². The second-order valence-electron chi connectivity index (χ2n) is 4.86. The average molecular weight is 249 g/mol. The third-order valence-corrected chi connectivity index (χ3v) is 3.05. The maximum absolute atomic E-state index is 11.5. The summed E-state index contributed by atoms with van der Waals surface area (Å²) in [6, 6.07) is 0. The van der Waals surface area contributed by atoms with Crippen molar-refractivity contribution in [3.63, 3.8) is 0 Å². The molecule has 18 heavy (non-hydrogen) atoms. The van der Waals surface area contributed by atoms with E-state index in [0.29, 0.717) is 17.6 Å². The number of nitrogens with zero attached hydrogens (tertiary/aromatic N) is 3. The molecular formula is C12H19N5O. The fourth-order valence-corrected chi connectivity index (χ4v) is 1.57. The lowest BCUT2D eigenvalue weighted by molar-refractivity contribution is -0.126. The van der Waals surface area contributed by atoms with Gasteiger partial charge in [0.25, 0.3) is 0 Å². The van der Waals surface area contributed by atoms with Gasteiger partial charge in [-0.05, 0) is 19.8 Å². The minimum Gasteiger partial charge on any atom is -0.383 e. The Morgan fingerprint density at radius 3 is 2.67 bits per heavy atom. The molecule has 3 N–H and O–H groups in total. The highest BCUT2D eigenvalue weighted by atomic mass is 16.2. The van der Waals surface area contributed by atoms with Gasteiger partial charge in [0, 0.05) is 25.6 Å². The van der Waals surface area contributed by atoms with E-state index in [4.69, 9.17) is 5.73 Å². The van der Waals surface area contributed by atoms with Crippen LogP contribution in [0.25, 0.3) is 0 Å². The second kappa shape index (κ2) is 4.80. The van der Waals surface area contributed by atoms with Gasteiger partial charge in [-0.3, -0.25) is 4.79 Å². The summed E-state index contributed by atoms with van der Waals surface area (Å²) in [6.45, 7) is 2.07. The van der Waals surface area contributed by atoms with Gasteiger partial charge < -0.3 is 16.0 Å². The second-order valence-corrected chi connectivity index (χ2v) is 4.86. The van der Waals surface area contributed by atoms with Crippen LogP contribution in [-0.2, 0) is 4.79 Å². The Kier molecular flexibility index (Phi) is 3.36. The molecule has 0 aromatic carbocycles. The number of rotatable bonds is 4. The van der Waals surface area contributed by atoms with E-state index in [1.54, 1.807) is 14.1 Å². The van der Waals surface area contributed by atoms with Crippen LogP contribution in [0, 0.1) is 6.92 Å². The predicted octanol–water partition coefficient (Wildman–Crippen LogP) is 0.745. The third-order valence-electron chi connectivity index (χ3n) is 3.05. The third kappa shape index (κ3) is 2.69. The Bertz CT molecular complexity index is 468. The molecule has 6 heteroatoms. The molecule has 1 saturated carbocycles. The number of anilines is 2. The molecule has 98 valence electrons. The van der Waals surface area contributed by atoms with Gasteiger partial charge in [-0.2, -0.15) is 0 Å². The van der Waals surface area contributed by atoms with Crippen molar-refractivity contribution in [3.05, 3.63) is 11.4 Å². The zero-order valence-corrected chi connectivity index (χ0v) is 11.0. The molecule has 1 amide bonds. The number of hydrogen-bond acceptors (Lipinski definition) is 5. The summed E-state index contributed by atoms with van der Waals surface area (Å²) in [6.07, 6.45) is 2.25. The van der Waals surface area contributed by atoms with E-state index in [9.17, 15) is 4.79 Å². The summed E-state index contributed by atoms with van der Waals surface area (Å²) >= 11 is 0. The summed E-state index contributed by atoms with van der Waals surface area (Å²) in [4.78, 5) is 21.8. The molecule has 0 unspecified atom stereocenters. The van der Waals surface area contributed by atoms with Gasteiger partial charge in [0.2, 0.25) is 5.91 Å². The molecule has 2 rings (SSSR count). The van der Waals surface area contributed by atoms with Gasteiger partial charge in [-0.15, -0.1) is 0 Å². The summed E-state index contributed by atoms with van der Waals surface area (Å²) < 4.78 is 0. The van der Waals surface area contributed by atoms with Crippen molar-refractivity contribution in [2.24, 2.45) is 0 Å². The van der Waals surface area contributed by atoms with Crippen molar-refractivity contribution in [2.45, 2.75) is 25.7 Å². The van der Waals surface area contributed by atoms with E-state index in [-0.39, 0.29) is 12.5 Å². The Hall–Kier alpha value is -1.85. The van der Waals surface area contributed by atoms with Gasteiger partial charge in [-0.25, -0.2) is 9.97 Å². The first-order chi connectivity index (χ1) is 8.49. The number of nitrogens with two attached hydrogens (primary N) is 1. The maximum Gasteiger partial charge on any atom is 0.241 e. The molecule has 1 aromatic rings. The van der Waals surface area contributed by atoms with Crippen LogP contribution in [0.5, 0.6) is 0 Å². The first-order valence-corrected chi connectivity index (χ1v) is 6.07. The van der Waals surface area contributed by atoms with E-state index in [1.807, 2.05) is 6.92 Å². The van der Waals surface area contributed by atoms with Gasteiger partial charge in [-0.1, -0.05) is 0 Å². The fourth-order valence-electron chi connectivity index (χ4n) is 1.57. The van der Waals surface area contributed by atoms with Crippen molar-refractivity contribution in [1.82, 2.24) is 14.9 Å². The summed E-state index contributed by atoms with van der Waals surface area (Å²) in [5, 5.41) is 3.04. The standard InChI is InChI=1S/C12H19N5O/c1-7-10(13)15-12(8-4-5-8)16-11(7)14-6-9(18)17(2)3/h8H,4-6H2,1-3H3,(H3,13,14,15,16). The highest BCUT2D eigenvalue weighted by Gasteiger charge is 2.27. The largest absolute Gasteiger partial charge is 0.383 e. The van der Waals surface area contributed by atoms with Crippen molar-refractivity contribution in [1.29, 1.82) is 0 Å². The van der Waals surface area contributed by atoms with E-state index in [1.165, 1.54) is 4.90 Å². The van der Waals surface area contributed by atoms with E-state index < -0.39 is 0 Å². The lowest BCUT2D eigenvalue weighted by Crippen LogP contribution is -2.29. The summed E-state index contributed by atoms with van der Waals surface area (Å²) in [5.41, 5.74) is 6.66. The highest BCUT2D eigenvalue weighted by molar-refractivity contribution is 5.80. The SMILES string of the molecule is Cc1c(N)nc(C2CC2)nc1NCC(=O)N(C)C. The minimum atomic E-state index is -0.000411. The normalized spacial score (nSPS) is 14.4. The Morgan fingerprint density at radius 2 is 2.11 bits per heavy atom. The molecule has 0 atom stereocenters. The monoisotopic (exact) mass is 249 g/mol. The van der Waals surface area contributed by atoms with Gasteiger partial charge in [0.1, 0.15) is 17.5 Å². The molecule has 1 fully saturated rings. The molecule has 6 nitrogen and oxygen atoms in total. The lowest BCUT2D eigenvalue weighted by atomic mass is 10.3. The van der Waals surface area contributed by atoms with Crippen LogP contribution in [0.1, 0.15) is 30.1 Å². The number of aromatic nitrogens is 2. The minimum absolute atomic E-state index is 0.000411. The molecule has 0 aliphatic heterocycles. The molecule has 1 aliphatic carbocycles. The topological polar surface area (TPSA) is 84.1 Å². The predicted molar refractivity (Wildman–Crippen MR) is 70.3 cm³/mol. The van der Waals surface area contributed by atoms with E-state index in [0.717, 1.165) is 24.2 Å². The molecule has 0 spiro atoms. The number of nitrogens with one attached hydrogen (secondary N) is 1. The first-order valence-electron chi connectivity index (χ1n) is 6.07. The molecule has 0 bridgehead atoms. The van der Waals surface area contributed by atoms with Crippen LogP contribution in [0.3, 0.4) is 0 Å². The van der Waals surface area contributed by atoms with Crippen LogP contribution < -0.4 is 11.1 Å². The summed E-state index contributed by atoms with van der Waals surface area (Å²) in [5.74, 6) is 2.39. The maximum atomic E-state index is 11.5. The molecular weight excluding hydrogens is 230 g/mol. The van der Waals surface area contributed by atoms with Gasteiger partial charge >= 0.3 is 0 Å². The number of hydrogen-bond donors (Lipinski definition) is 2. The van der Waals surface area contributed by atoms with Crippen molar-refractivity contribution in [2.75, 3.05) is 31.7 Å². The van der Waals surface area contributed by atoms with E-state index in [2.05, 4.69) is 15.3 Å². The zero-order valence-electron chi connectivity index (χ0n) is 11.0. The fraction of sp³-hybridized carbons (Fsp3) is 0.583. The van der Waals surface area contributed by atoms with Crippen LogP contribution in [0.4, 0.5) is 11.6 Å². The van der Waals surface area contributed by atoms with E-state index >= 15 is 0 Å². The Balaban J connectivity index is 2.13. The highest BCUT2D eigenvalue weighted by Crippen LogP contribution is 2.39. The quantitative estimate of drug-likeness (QED) is 0.822. The average Bonchev–Trinajstić information content (AvgIpc) is 3.14. The smallest absolute Gasteiger partial charge is 0.241 e. The van der Waals surface area contributed by atoms with Crippen molar-refractivity contribution >= 4 is 17.5 Å². The lowest BCUT2D eigenvalue weighted by Gasteiger charge is -2.14. The van der Waals surface area contributed by atoms with Crippen LogP contribution >= 0.6 is 0 Å². The molecule has 1 aromatic heterocycles. The van der Waals surface area contributed by atoms with Crippen molar-refractivity contribution in [3.8, 4) is 0 Å². The number of amides is 1. The van der Waals surface area contributed by atoms with Crippen LogP contribution in [0.15, 0.2) is 0 Å². The number of carbonyl (C=O) groups is 1. The number of nitrogen functional groups attached to an aromatic ring is 1. The zero-order chi connectivity index (χ0) is 13.3. The van der Waals surface area contributed by atoms with Gasteiger partial charge in [0.05, 0.1) is 6.54 Å². The molecule has 1 heterocycles. The van der Waals surface area contributed by atoms with Crippen LogP contribution in [-0.4, -0.2) is 41.4 Å². The molecule has 0 saturated heterocycles. The Labute approximate surface area is 107 Å². The molecule has 0 radical (unpaired) electrons. The Morgan fingerprint density at radius 1 is 1.44 bits per heavy atom. The number of likely N-dealkylation sites (N-methyl/N-ethyl adjacent to an activating group) is 1. The number of carbonyl (C=O) groups excluding carboxylic acids is 1.